The molecular weight excluding hydrogens is 256 g/mol. The summed E-state index contributed by atoms with van der Waals surface area (Å²) in [6.45, 7) is 1.05. The van der Waals surface area contributed by atoms with E-state index in [0.29, 0.717) is 18.7 Å². The fourth-order valence-corrected chi connectivity index (χ4v) is 3.06. The Morgan fingerprint density at radius 1 is 1.30 bits per heavy atom. The van der Waals surface area contributed by atoms with Crippen LogP contribution in [0.25, 0.3) is 0 Å². The number of morpholine rings is 1. The molecule has 1 saturated heterocycles. The third kappa shape index (κ3) is 2.18. The van der Waals surface area contributed by atoms with E-state index in [2.05, 4.69) is 6.07 Å². The predicted molar refractivity (Wildman–Crippen MR) is 73.3 cm³/mol. The number of fused-ring (bicyclic) bond motifs is 1. The van der Waals surface area contributed by atoms with Crippen molar-refractivity contribution in [1.82, 2.24) is 4.90 Å². The molecule has 0 aromatic heterocycles. The lowest BCUT2D eigenvalue weighted by atomic mass is 10.0. The van der Waals surface area contributed by atoms with Crippen LogP contribution in [-0.2, 0) is 22.4 Å². The molecule has 2 N–H and O–H groups in total. The number of hydrogen-bond acceptors (Lipinski definition) is 3. The molecule has 20 heavy (non-hydrogen) atoms. The average Bonchev–Trinajstić information content (AvgIpc) is 2.94. The second kappa shape index (κ2) is 5.25. The van der Waals surface area contributed by atoms with Crippen molar-refractivity contribution in [2.24, 2.45) is 5.73 Å². The van der Waals surface area contributed by atoms with Gasteiger partial charge in [0, 0.05) is 12.1 Å². The molecule has 1 unspecified atom stereocenters. The van der Waals surface area contributed by atoms with Gasteiger partial charge in [-0.2, -0.15) is 0 Å². The quantitative estimate of drug-likeness (QED) is 0.853. The lowest BCUT2D eigenvalue weighted by Gasteiger charge is -2.34. The third-order valence-electron chi connectivity index (χ3n) is 4.09. The standard InChI is InChI=1S/C15H18N2O3/c16-14(18)13-9-20-8-7-17(13)15(19)12-6-2-4-10-3-1-5-11(10)12/h2,4,6,13H,1,3,5,7-9H2,(H2,16,18). The molecule has 1 aliphatic heterocycles. The van der Waals surface area contributed by atoms with Crippen molar-refractivity contribution in [2.45, 2.75) is 25.3 Å². The van der Waals surface area contributed by atoms with E-state index >= 15 is 0 Å². The summed E-state index contributed by atoms with van der Waals surface area (Å²) in [5.74, 6) is -0.610. The number of ether oxygens (including phenoxy) is 1. The molecule has 1 fully saturated rings. The van der Waals surface area contributed by atoms with E-state index in [1.807, 2.05) is 12.1 Å². The van der Waals surface area contributed by atoms with Crippen molar-refractivity contribution in [3.8, 4) is 0 Å². The molecule has 1 aromatic rings. The fraction of sp³-hybridized carbons (Fsp3) is 0.467. The van der Waals surface area contributed by atoms with Gasteiger partial charge in [-0.1, -0.05) is 12.1 Å². The normalized spacial score (nSPS) is 21.6. The Bertz CT molecular complexity index is 556. The highest BCUT2D eigenvalue weighted by Crippen LogP contribution is 2.26. The van der Waals surface area contributed by atoms with Crippen LogP contribution < -0.4 is 5.73 Å². The van der Waals surface area contributed by atoms with Crippen molar-refractivity contribution in [3.63, 3.8) is 0 Å². The summed E-state index contributed by atoms with van der Waals surface area (Å²) in [6.07, 6.45) is 3.05. The Morgan fingerprint density at radius 3 is 2.95 bits per heavy atom. The van der Waals surface area contributed by atoms with Gasteiger partial charge >= 0.3 is 0 Å². The maximum Gasteiger partial charge on any atom is 0.254 e. The van der Waals surface area contributed by atoms with E-state index in [-0.39, 0.29) is 12.5 Å². The first-order chi connectivity index (χ1) is 9.68. The van der Waals surface area contributed by atoms with Crippen molar-refractivity contribution in [1.29, 1.82) is 0 Å². The smallest absolute Gasteiger partial charge is 0.254 e. The molecule has 106 valence electrons. The van der Waals surface area contributed by atoms with Crippen LogP contribution in [0.5, 0.6) is 0 Å². The van der Waals surface area contributed by atoms with Crippen LogP contribution in [0.2, 0.25) is 0 Å². The predicted octanol–water partition coefficient (Wildman–Crippen LogP) is 0.502. The molecule has 5 heteroatoms. The van der Waals surface area contributed by atoms with E-state index in [9.17, 15) is 9.59 Å². The van der Waals surface area contributed by atoms with Crippen LogP contribution in [0.3, 0.4) is 0 Å². The Kier molecular flexibility index (Phi) is 3.44. The minimum atomic E-state index is -0.659. The topological polar surface area (TPSA) is 72.6 Å². The number of amides is 2. The summed E-state index contributed by atoms with van der Waals surface area (Å²) in [5.41, 5.74) is 8.47. The van der Waals surface area contributed by atoms with Gasteiger partial charge in [0.2, 0.25) is 5.91 Å². The van der Waals surface area contributed by atoms with Gasteiger partial charge in [-0.05, 0) is 36.5 Å². The Balaban J connectivity index is 1.92. The molecule has 0 bridgehead atoms. The van der Waals surface area contributed by atoms with E-state index in [4.69, 9.17) is 10.5 Å². The van der Waals surface area contributed by atoms with Crippen molar-refractivity contribution < 1.29 is 14.3 Å². The number of carbonyl (C=O) groups is 2. The first kappa shape index (κ1) is 13.1. The van der Waals surface area contributed by atoms with Gasteiger partial charge in [-0.25, -0.2) is 0 Å². The van der Waals surface area contributed by atoms with Crippen LogP contribution in [0.4, 0.5) is 0 Å². The maximum absolute atomic E-state index is 12.7. The largest absolute Gasteiger partial charge is 0.377 e. The fourth-order valence-electron chi connectivity index (χ4n) is 3.06. The Hall–Kier alpha value is -1.88. The lowest BCUT2D eigenvalue weighted by Crippen LogP contribution is -2.54. The second-order valence-corrected chi connectivity index (χ2v) is 5.29. The molecule has 1 aromatic carbocycles. The highest BCUT2D eigenvalue weighted by atomic mass is 16.5. The highest BCUT2D eigenvalue weighted by Gasteiger charge is 2.33. The monoisotopic (exact) mass is 274 g/mol. The van der Waals surface area contributed by atoms with Gasteiger partial charge in [0.15, 0.2) is 0 Å². The minimum absolute atomic E-state index is 0.101. The summed E-state index contributed by atoms with van der Waals surface area (Å²) in [7, 11) is 0. The van der Waals surface area contributed by atoms with Gasteiger partial charge in [-0.15, -0.1) is 0 Å². The number of carbonyl (C=O) groups excluding carboxylic acids is 2. The van der Waals surface area contributed by atoms with Crippen LogP contribution >= 0.6 is 0 Å². The van der Waals surface area contributed by atoms with Crippen LogP contribution in [0, 0.1) is 0 Å². The molecule has 1 atom stereocenters. The number of nitrogens with zero attached hydrogens (tertiary/aromatic N) is 1. The Morgan fingerprint density at radius 2 is 2.15 bits per heavy atom. The maximum atomic E-state index is 12.7. The summed E-state index contributed by atoms with van der Waals surface area (Å²) in [4.78, 5) is 25.8. The summed E-state index contributed by atoms with van der Waals surface area (Å²) < 4.78 is 5.26. The number of hydrogen-bond donors (Lipinski definition) is 1. The van der Waals surface area contributed by atoms with E-state index < -0.39 is 11.9 Å². The van der Waals surface area contributed by atoms with E-state index in [1.165, 1.54) is 5.56 Å². The molecule has 3 rings (SSSR count). The van der Waals surface area contributed by atoms with Gasteiger partial charge in [0.1, 0.15) is 6.04 Å². The molecule has 2 aliphatic rings. The molecule has 0 saturated carbocycles. The number of primary amides is 1. The zero-order chi connectivity index (χ0) is 14.1. The summed E-state index contributed by atoms with van der Waals surface area (Å²) >= 11 is 0. The van der Waals surface area contributed by atoms with Crippen LogP contribution in [-0.4, -0.2) is 42.5 Å². The van der Waals surface area contributed by atoms with Crippen molar-refractivity contribution in [2.75, 3.05) is 19.8 Å². The van der Waals surface area contributed by atoms with Gasteiger partial charge < -0.3 is 15.4 Å². The molecule has 0 spiro atoms. The highest BCUT2D eigenvalue weighted by molar-refractivity contribution is 5.99. The molecule has 0 radical (unpaired) electrons. The Labute approximate surface area is 117 Å². The molecule has 1 aliphatic carbocycles. The summed E-state index contributed by atoms with van der Waals surface area (Å²) in [5, 5.41) is 0. The third-order valence-corrected chi connectivity index (χ3v) is 4.09. The minimum Gasteiger partial charge on any atom is -0.377 e. The zero-order valence-corrected chi connectivity index (χ0v) is 11.3. The van der Waals surface area contributed by atoms with E-state index in [1.54, 1.807) is 4.90 Å². The second-order valence-electron chi connectivity index (χ2n) is 5.29. The molecule has 5 nitrogen and oxygen atoms in total. The average molecular weight is 274 g/mol. The molecular formula is C15H18N2O3. The number of aryl methyl sites for hydroxylation is 1. The van der Waals surface area contributed by atoms with Crippen LogP contribution in [0.1, 0.15) is 27.9 Å². The number of rotatable bonds is 2. The number of benzene rings is 1. The van der Waals surface area contributed by atoms with Gasteiger partial charge in [0.25, 0.3) is 5.91 Å². The van der Waals surface area contributed by atoms with Crippen LogP contribution in [0.15, 0.2) is 18.2 Å². The van der Waals surface area contributed by atoms with Crippen molar-refractivity contribution >= 4 is 11.8 Å². The lowest BCUT2D eigenvalue weighted by molar-refractivity contribution is -0.127. The van der Waals surface area contributed by atoms with Crippen molar-refractivity contribution in [3.05, 3.63) is 34.9 Å². The van der Waals surface area contributed by atoms with Gasteiger partial charge in [-0.3, -0.25) is 9.59 Å². The first-order valence-corrected chi connectivity index (χ1v) is 6.97. The molecule has 2 amide bonds. The van der Waals surface area contributed by atoms with E-state index in [0.717, 1.165) is 24.8 Å². The first-order valence-electron chi connectivity index (χ1n) is 6.97. The van der Waals surface area contributed by atoms with Gasteiger partial charge in [0.05, 0.1) is 13.2 Å². The SMILES string of the molecule is NC(=O)C1COCCN1C(=O)c1cccc2c1CCC2. The summed E-state index contributed by atoms with van der Waals surface area (Å²) in [6, 6.07) is 5.18. The molecule has 1 heterocycles. The number of nitrogens with two attached hydrogens (primary N) is 1. The zero-order valence-electron chi connectivity index (χ0n) is 11.3.